The van der Waals surface area contributed by atoms with Crippen LogP contribution in [0.25, 0.3) is 134 Å². The summed E-state index contributed by atoms with van der Waals surface area (Å²) in [7, 11) is 0. The van der Waals surface area contributed by atoms with Crippen molar-refractivity contribution in [3.8, 4) is 90.8 Å². The van der Waals surface area contributed by atoms with E-state index in [4.69, 9.17) is 29.9 Å². The zero-order valence-electron chi connectivity index (χ0n) is 39.8. The molecule has 74 heavy (non-hydrogen) atoms. The van der Waals surface area contributed by atoms with Crippen molar-refractivity contribution in [2.75, 3.05) is 0 Å². The van der Waals surface area contributed by atoms with Crippen LogP contribution in [0.15, 0.2) is 255 Å². The molecule has 4 heterocycles. The summed E-state index contributed by atoms with van der Waals surface area (Å²) in [4.78, 5) is 31.2. The number of para-hydroxylation sites is 2. The minimum atomic E-state index is 0.527. The summed E-state index contributed by atoms with van der Waals surface area (Å²) < 4.78 is 4.61. The fourth-order valence-corrected chi connectivity index (χ4v) is 10.3. The Hall–Kier alpha value is -10.2. The smallest absolute Gasteiger partial charge is 0.238 e. The van der Waals surface area contributed by atoms with Gasteiger partial charge in [0.1, 0.15) is 0 Å². The Labute approximate surface area is 426 Å². The van der Waals surface area contributed by atoms with E-state index in [0.717, 1.165) is 99.4 Å². The molecule has 0 spiro atoms. The maximum atomic E-state index is 5.40. The first-order valence-corrected chi connectivity index (χ1v) is 24.7. The Morgan fingerprint density at radius 1 is 0.216 bits per heavy atom. The molecule has 0 saturated heterocycles. The van der Waals surface area contributed by atoms with Crippen LogP contribution in [-0.4, -0.2) is 39.0 Å². The van der Waals surface area contributed by atoms with Crippen molar-refractivity contribution in [3.63, 3.8) is 0 Å². The zero-order valence-corrected chi connectivity index (χ0v) is 39.8. The average molecular weight is 947 g/mol. The molecule has 4 aromatic heterocycles. The van der Waals surface area contributed by atoms with Crippen LogP contribution in [0.2, 0.25) is 0 Å². The second kappa shape index (κ2) is 17.9. The monoisotopic (exact) mass is 946 g/mol. The molecular weight excluding hydrogens is 905 g/mol. The predicted octanol–water partition coefficient (Wildman–Crippen LogP) is 15.9. The molecule has 0 radical (unpaired) electrons. The quantitative estimate of drug-likeness (QED) is 0.143. The molecule has 0 aliphatic carbocycles. The van der Waals surface area contributed by atoms with Gasteiger partial charge < -0.3 is 4.57 Å². The molecule has 346 valence electrons. The first-order chi connectivity index (χ1) is 36.7. The molecule has 14 aromatic rings. The Morgan fingerprint density at radius 3 is 1.08 bits per heavy atom. The van der Waals surface area contributed by atoms with Gasteiger partial charge in [0.15, 0.2) is 29.1 Å². The highest BCUT2D eigenvalue weighted by atomic mass is 15.2. The molecule has 0 amide bonds. The molecular formula is C66H42N8. The van der Waals surface area contributed by atoms with Gasteiger partial charge in [0.2, 0.25) is 5.95 Å². The minimum absolute atomic E-state index is 0.527. The van der Waals surface area contributed by atoms with Crippen molar-refractivity contribution in [1.29, 1.82) is 0 Å². The van der Waals surface area contributed by atoms with Crippen LogP contribution in [0.5, 0.6) is 0 Å². The van der Waals surface area contributed by atoms with Crippen LogP contribution in [0, 0.1) is 0 Å². The van der Waals surface area contributed by atoms with E-state index in [1.54, 1.807) is 0 Å². The summed E-state index contributed by atoms with van der Waals surface area (Å²) in [6.07, 6.45) is 0. The van der Waals surface area contributed by atoms with Gasteiger partial charge in [0.05, 0.1) is 22.1 Å². The van der Waals surface area contributed by atoms with Crippen molar-refractivity contribution >= 4 is 43.6 Å². The summed E-state index contributed by atoms with van der Waals surface area (Å²) in [5.74, 6) is 3.51. The summed E-state index contributed by atoms with van der Waals surface area (Å²) >= 11 is 0. The van der Waals surface area contributed by atoms with E-state index in [2.05, 4.69) is 203 Å². The van der Waals surface area contributed by atoms with E-state index in [-0.39, 0.29) is 0 Å². The van der Waals surface area contributed by atoms with E-state index in [0.29, 0.717) is 35.1 Å². The molecule has 0 atom stereocenters. The van der Waals surface area contributed by atoms with Crippen LogP contribution < -0.4 is 0 Å². The zero-order chi connectivity index (χ0) is 49.0. The van der Waals surface area contributed by atoms with Gasteiger partial charge >= 0.3 is 0 Å². The molecule has 0 unspecified atom stereocenters. The van der Waals surface area contributed by atoms with Gasteiger partial charge in [-0.25, -0.2) is 19.9 Å². The fourth-order valence-electron chi connectivity index (χ4n) is 10.3. The third kappa shape index (κ3) is 7.48. The Kier molecular flexibility index (Phi) is 10.3. The van der Waals surface area contributed by atoms with Gasteiger partial charge in [-0.05, 0) is 64.7 Å². The average Bonchev–Trinajstić information content (AvgIpc) is 4.02. The summed E-state index contributed by atoms with van der Waals surface area (Å²) in [5, 5.41) is 4.44. The van der Waals surface area contributed by atoms with E-state index in [1.165, 1.54) is 0 Å². The van der Waals surface area contributed by atoms with Crippen molar-refractivity contribution in [2.45, 2.75) is 0 Å². The summed E-state index contributed by atoms with van der Waals surface area (Å²) in [5.41, 5.74) is 14.1. The van der Waals surface area contributed by atoms with Crippen molar-refractivity contribution in [2.24, 2.45) is 0 Å². The summed E-state index contributed by atoms with van der Waals surface area (Å²) in [6.45, 7) is 0. The van der Waals surface area contributed by atoms with Crippen molar-refractivity contribution < 1.29 is 0 Å². The van der Waals surface area contributed by atoms with Gasteiger partial charge in [0.25, 0.3) is 0 Å². The van der Waals surface area contributed by atoms with Crippen LogP contribution in [0.1, 0.15) is 0 Å². The van der Waals surface area contributed by atoms with Crippen LogP contribution in [0.4, 0.5) is 0 Å². The van der Waals surface area contributed by atoms with Crippen molar-refractivity contribution in [1.82, 2.24) is 39.0 Å². The van der Waals surface area contributed by atoms with Crippen molar-refractivity contribution in [3.05, 3.63) is 255 Å². The number of benzene rings is 10. The highest BCUT2D eigenvalue weighted by Gasteiger charge is 2.24. The molecule has 14 rings (SSSR count). The third-order valence-electron chi connectivity index (χ3n) is 13.9. The topological polar surface area (TPSA) is 87.2 Å². The lowest BCUT2D eigenvalue weighted by molar-refractivity contribution is 0.953. The molecule has 8 heteroatoms. The van der Waals surface area contributed by atoms with E-state index >= 15 is 0 Å². The number of hydrogen-bond acceptors (Lipinski definition) is 6. The first-order valence-electron chi connectivity index (χ1n) is 24.7. The lowest BCUT2D eigenvalue weighted by Crippen LogP contribution is -2.07. The maximum absolute atomic E-state index is 5.40. The van der Waals surface area contributed by atoms with Gasteiger partial charge in [-0.1, -0.05) is 212 Å². The highest BCUT2D eigenvalue weighted by Crippen LogP contribution is 2.42. The third-order valence-corrected chi connectivity index (χ3v) is 13.9. The first kappa shape index (κ1) is 42.7. The number of aromatic nitrogens is 8. The molecule has 8 nitrogen and oxygen atoms in total. The number of nitrogens with zero attached hydrogens (tertiary/aromatic N) is 8. The molecule has 0 fully saturated rings. The number of hydrogen-bond donors (Lipinski definition) is 0. The van der Waals surface area contributed by atoms with Gasteiger partial charge in [-0.3, -0.25) is 4.57 Å². The summed E-state index contributed by atoms with van der Waals surface area (Å²) in [6, 6.07) is 88.2. The van der Waals surface area contributed by atoms with E-state index in [1.807, 2.05) is 60.7 Å². The predicted molar refractivity (Wildman–Crippen MR) is 300 cm³/mol. The second-order valence-electron chi connectivity index (χ2n) is 18.3. The maximum Gasteiger partial charge on any atom is 0.238 e. The molecule has 0 N–H and O–H groups in total. The highest BCUT2D eigenvalue weighted by molar-refractivity contribution is 6.23. The number of rotatable bonds is 9. The Balaban J connectivity index is 0.957. The molecule has 0 aliphatic rings. The lowest BCUT2D eigenvalue weighted by atomic mass is 10.0. The standard InChI is InChI=1S/C66H42N8/c1-5-18-43(19-6-1)45-32-34-48(35-33-45)62-67-61(46-22-9-3-10-23-46)68-63(69-62)49-36-38-52(39-37-49)73-57-30-15-13-28-53(57)55-40-41-56-54-29-14-16-31-58(54)74(60(56)59(55)73)66-71-64(47-24-11-4-12-25-47)70-65(72-66)51-27-17-26-50(42-51)44-20-7-2-8-21-44/h1-42H. The number of fused-ring (bicyclic) bond motifs is 7. The van der Waals surface area contributed by atoms with E-state index in [9.17, 15) is 0 Å². The molecule has 0 bridgehead atoms. The SMILES string of the molecule is c1ccc(-c2ccc(-c3nc(-c4ccccc4)nc(-c4ccc(-n5c6ccccc6c6ccc7c8ccccc8n(-c8nc(-c9ccccc9)nc(-c9cccc(-c%10ccccc%10)c9)n8)c7c65)cc4)n3)cc2)cc1. The normalized spacial score (nSPS) is 11.5. The van der Waals surface area contributed by atoms with E-state index < -0.39 is 0 Å². The largest absolute Gasteiger partial charge is 0.307 e. The molecule has 0 saturated carbocycles. The Bertz CT molecular complexity index is 4380. The fraction of sp³-hybridized carbons (Fsp3) is 0. The molecule has 10 aromatic carbocycles. The Morgan fingerprint density at radius 2 is 0.554 bits per heavy atom. The second-order valence-corrected chi connectivity index (χ2v) is 18.3. The van der Waals surface area contributed by atoms with Crippen LogP contribution in [0.3, 0.4) is 0 Å². The van der Waals surface area contributed by atoms with Crippen LogP contribution >= 0.6 is 0 Å². The van der Waals surface area contributed by atoms with Crippen LogP contribution in [-0.2, 0) is 0 Å². The van der Waals surface area contributed by atoms with Gasteiger partial charge in [-0.15, -0.1) is 0 Å². The molecule has 0 aliphatic heterocycles. The van der Waals surface area contributed by atoms with Gasteiger partial charge in [-0.2, -0.15) is 9.97 Å². The minimum Gasteiger partial charge on any atom is -0.307 e. The lowest BCUT2D eigenvalue weighted by Gasteiger charge is -2.14. The van der Waals surface area contributed by atoms with Gasteiger partial charge in [0, 0.05) is 55.0 Å².